The van der Waals surface area contributed by atoms with Crippen LogP contribution >= 0.6 is 15.9 Å². The Balaban J connectivity index is 2.17. The van der Waals surface area contributed by atoms with E-state index in [1.807, 2.05) is 6.92 Å². The number of nitrogens with one attached hydrogen (secondary N) is 2. The van der Waals surface area contributed by atoms with Crippen molar-refractivity contribution in [1.82, 2.24) is 5.32 Å². The standard InChI is InChI=1S/C13H14BrFN2O3S/c1-2-16-8-10-4-6-13(20-10)21(18,19)17-9-3-5-11(14)12(15)7-9/h3-7,16-17H,2,8H2,1H3. The van der Waals surface area contributed by atoms with Crippen molar-refractivity contribution >= 4 is 31.6 Å². The molecule has 0 atom stereocenters. The summed E-state index contributed by atoms with van der Waals surface area (Å²) in [7, 11) is -3.87. The van der Waals surface area contributed by atoms with E-state index in [1.54, 1.807) is 6.07 Å². The Morgan fingerprint density at radius 2 is 2.05 bits per heavy atom. The molecule has 0 saturated heterocycles. The molecule has 0 aliphatic carbocycles. The zero-order chi connectivity index (χ0) is 15.5. The van der Waals surface area contributed by atoms with E-state index in [4.69, 9.17) is 4.42 Å². The second kappa shape index (κ2) is 6.59. The molecule has 0 saturated carbocycles. The van der Waals surface area contributed by atoms with Gasteiger partial charge in [0, 0.05) is 0 Å². The SMILES string of the molecule is CCNCc1ccc(S(=O)(=O)Nc2ccc(Br)c(F)c2)o1. The van der Waals surface area contributed by atoms with E-state index in [1.165, 1.54) is 18.2 Å². The van der Waals surface area contributed by atoms with Crippen LogP contribution in [0.4, 0.5) is 10.1 Å². The van der Waals surface area contributed by atoms with Crippen LogP contribution in [0.1, 0.15) is 12.7 Å². The van der Waals surface area contributed by atoms with E-state index in [2.05, 4.69) is 26.0 Å². The monoisotopic (exact) mass is 376 g/mol. The molecular formula is C13H14BrFN2O3S. The van der Waals surface area contributed by atoms with Crippen molar-refractivity contribution in [3.05, 3.63) is 46.4 Å². The zero-order valence-corrected chi connectivity index (χ0v) is 13.6. The highest BCUT2D eigenvalue weighted by atomic mass is 79.9. The fourth-order valence-electron chi connectivity index (χ4n) is 1.61. The predicted molar refractivity (Wildman–Crippen MR) is 81.0 cm³/mol. The summed E-state index contributed by atoms with van der Waals surface area (Å²) in [4.78, 5) is 0. The van der Waals surface area contributed by atoms with Crippen LogP contribution in [0.2, 0.25) is 0 Å². The first-order valence-corrected chi connectivity index (χ1v) is 8.47. The average molecular weight is 377 g/mol. The molecule has 0 fully saturated rings. The predicted octanol–water partition coefficient (Wildman–Crippen LogP) is 3.09. The quantitative estimate of drug-likeness (QED) is 0.812. The molecule has 0 aliphatic heterocycles. The number of furan rings is 1. The first-order chi connectivity index (χ1) is 9.92. The Kier molecular flexibility index (Phi) is 5.02. The molecule has 21 heavy (non-hydrogen) atoms. The Hall–Kier alpha value is -1.38. The summed E-state index contributed by atoms with van der Waals surface area (Å²) in [6.07, 6.45) is 0. The van der Waals surface area contributed by atoms with Crippen molar-refractivity contribution in [3.63, 3.8) is 0 Å². The Morgan fingerprint density at radius 1 is 1.29 bits per heavy atom. The van der Waals surface area contributed by atoms with Crippen molar-refractivity contribution < 1.29 is 17.2 Å². The van der Waals surface area contributed by atoms with E-state index in [0.29, 0.717) is 12.3 Å². The van der Waals surface area contributed by atoms with Crippen LogP contribution in [0.25, 0.3) is 0 Å². The topological polar surface area (TPSA) is 71.3 Å². The summed E-state index contributed by atoms with van der Waals surface area (Å²) in [6.45, 7) is 3.13. The van der Waals surface area contributed by atoms with E-state index in [0.717, 1.165) is 12.6 Å². The molecule has 0 amide bonds. The molecule has 0 spiro atoms. The molecule has 8 heteroatoms. The van der Waals surface area contributed by atoms with Gasteiger partial charge in [0.15, 0.2) is 0 Å². The number of halogens is 2. The fraction of sp³-hybridized carbons (Fsp3) is 0.231. The third-order valence-corrected chi connectivity index (χ3v) is 4.52. The minimum atomic E-state index is -3.87. The van der Waals surface area contributed by atoms with Gasteiger partial charge in [0.2, 0.25) is 5.09 Å². The Morgan fingerprint density at radius 3 is 2.71 bits per heavy atom. The molecule has 2 rings (SSSR count). The smallest absolute Gasteiger partial charge is 0.295 e. The third kappa shape index (κ3) is 4.05. The van der Waals surface area contributed by atoms with Crippen LogP contribution in [0.15, 0.2) is 44.3 Å². The summed E-state index contributed by atoms with van der Waals surface area (Å²) in [5.74, 6) is -0.0401. The van der Waals surface area contributed by atoms with Gasteiger partial charge >= 0.3 is 0 Å². The first kappa shape index (κ1) is 16.0. The maximum Gasteiger partial charge on any atom is 0.295 e. The minimum absolute atomic E-state index is 0.125. The van der Waals surface area contributed by atoms with Crippen molar-refractivity contribution in [1.29, 1.82) is 0 Å². The van der Waals surface area contributed by atoms with Gasteiger partial charge in [-0.15, -0.1) is 0 Å². The highest BCUT2D eigenvalue weighted by molar-refractivity contribution is 9.10. The Labute approximate surface area is 130 Å². The van der Waals surface area contributed by atoms with Crippen LogP contribution in [0.3, 0.4) is 0 Å². The van der Waals surface area contributed by atoms with Gasteiger partial charge in [0.1, 0.15) is 11.6 Å². The molecule has 2 aromatic rings. The molecule has 0 bridgehead atoms. The number of hydrogen-bond acceptors (Lipinski definition) is 4. The largest absolute Gasteiger partial charge is 0.446 e. The molecule has 0 aliphatic rings. The van der Waals surface area contributed by atoms with Crippen LogP contribution in [0, 0.1) is 5.82 Å². The number of benzene rings is 1. The van der Waals surface area contributed by atoms with Gasteiger partial charge in [-0.25, -0.2) is 4.39 Å². The van der Waals surface area contributed by atoms with Gasteiger partial charge in [-0.05, 0) is 52.8 Å². The Bertz CT molecular complexity index is 731. The molecule has 2 N–H and O–H groups in total. The maximum absolute atomic E-state index is 13.4. The number of rotatable bonds is 6. The van der Waals surface area contributed by atoms with Crippen LogP contribution in [-0.2, 0) is 16.6 Å². The summed E-state index contributed by atoms with van der Waals surface area (Å²) < 4.78 is 45.4. The molecule has 1 aromatic carbocycles. The zero-order valence-electron chi connectivity index (χ0n) is 11.2. The third-order valence-electron chi connectivity index (χ3n) is 2.62. The van der Waals surface area contributed by atoms with E-state index >= 15 is 0 Å². The van der Waals surface area contributed by atoms with Crippen LogP contribution < -0.4 is 10.0 Å². The van der Waals surface area contributed by atoms with Crippen molar-refractivity contribution in [2.24, 2.45) is 0 Å². The highest BCUT2D eigenvalue weighted by Gasteiger charge is 2.19. The lowest BCUT2D eigenvalue weighted by Gasteiger charge is -2.06. The van der Waals surface area contributed by atoms with E-state index in [9.17, 15) is 12.8 Å². The molecule has 1 heterocycles. The summed E-state index contributed by atoms with van der Waals surface area (Å²) in [5.41, 5.74) is 0.125. The van der Waals surface area contributed by atoms with Crippen LogP contribution in [0.5, 0.6) is 0 Å². The second-order valence-corrected chi connectivity index (χ2v) is 6.70. The van der Waals surface area contributed by atoms with E-state index < -0.39 is 15.8 Å². The van der Waals surface area contributed by atoms with Crippen molar-refractivity contribution in [2.75, 3.05) is 11.3 Å². The maximum atomic E-state index is 13.4. The normalized spacial score (nSPS) is 11.6. The lowest BCUT2D eigenvalue weighted by molar-refractivity contribution is 0.405. The van der Waals surface area contributed by atoms with Gasteiger partial charge in [0.25, 0.3) is 10.0 Å². The summed E-state index contributed by atoms with van der Waals surface area (Å²) in [6, 6.07) is 6.91. The molecule has 0 unspecified atom stereocenters. The van der Waals surface area contributed by atoms with Crippen molar-refractivity contribution in [2.45, 2.75) is 18.6 Å². The van der Waals surface area contributed by atoms with Crippen molar-refractivity contribution in [3.8, 4) is 0 Å². The lowest BCUT2D eigenvalue weighted by Crippen LogP contribution is -2.13. The number of hydrogen-bond donors (Lipinski definition) is 2. The number of sulfonamides is 1. The molecular weight excluding hydrogens is 363 g/mol. The summed E-state index contributed by atoms with van der Waals surface area (Å²) in [5, 5.41) is 2.82. The molecule has 5 nitrogen and oxygen atoms in total. The molecule has 1 aromatic heterocycles. The second-order valence-electron chi connectivity index (χ2n) is 4.24. The van der Waals surface area contributed by atoms with Gasteiger partial charge in [-0.3, -0.25) is 4.72 Å². The van der Waals surface area contributed by atoms with Gasteiger partial charge < -0.3 is 9.73 Å². The first-order valence-electron chi connectivity index (χ1n) is 6.19. The van der Waals surface area contributed by atoms with Gasteiger partial charge in [-0.1, -0.05) is 6.92 Å². The highest BCUT2D eigenvalue weighted by Crippen LogP contribution is 2.22. The van der Waals surface area contributed by atoms with Gasteiger partial charge in [0.05, 0.1) is 16.7 Å². The minimum Gasteiger partial charge on any atom is -0.446 e. The van der Waals surface area contributed by atoms with E-state index in [-0.39, 0.29) is 15.3 Å². The van der Waals surface area contributed by atoms with Gasteiger partial charge in [-0.2, -0.15) is 8.42 Å². The molecule has 114 valence electrons. The fourth-order valence-corrected chi connectivity index (χ4v) is 2.86. The summed E-state index contributed by atoms with van der Waals surface area (Å²) >= 11 is 3.00. The lowest BCUT2D eigenvalue weighted by atomic mass is 10.3. The van der Waals surface area contributed by atoms with Crippen LogP contribution in [-0.4, -0.2) is 15.0 Å². The average Bonchev–Trinajstić information content (AvgIpc) is 2.90. The number of anilines is 1. The molecule has 0 radical (unpaired) electrons.